The Labute approximate surface area is 133 Å². The maximum Gasteiger partial charge on any atom is 0.417 e. The summed E-state index contributed by atoms with van der Waals surface area (Å²) in [5.41, 5.74) is 0.618. The van der Waals surface area contributed by atoms with Crippen LogP contribution < -0.4 is 11.1 Å². The van der Waals surface area contributed by atoms with Crippen molar-refractivity contribution in [2.45, 2.75) is 12.6 Å². The van der Waals surface area contributed by atoms with Gasteiger partial charge in [-0.05, 0) is 29.8 Å². The van der Waals surface area contributed by atoms with E-state index in [0.29, 0.717) is 16.8 Å². The molecule has 8 heteroatoms. The maximum absolute atomic E-state index is 12.5. The number of fused-ring (bicyclic) bond motifs is 1. The standard InChI is InChI=1S/C16H11F3N2O3/c17-16(18,19)10-6-4-9(5-7-10)8-13(22)20-11-2-1-3-12-14(11)24-15(23)21-12/h1-7H,8H2,(H,20,22)(H,21,23). The van der Waals surface area contributed by atoms with Crippen LogP contribution in [0, 0.1) is 0 Å². The number of benzene rings is 2. The van der Waals surface area contributed by atoms with E-state index < -0.39 is 23.4 Å². The van der Waals surface area contributed by atoms with Crippen LogP contribution in [0.25, 0.3) is 11.1 Å². The summed E-state index contributed by atoms with van der Waals surface area (Å²) in [6.07, 6.45) is -4.52. The Morgan fingerprint density at radius 3 is 2.50 bits per heavy atom. The first-order valence-electron chi connectivity index (χ1n) is 6.91. The zero-order chi connectivity index (χ0) is 17.3. The summed E-state index contributed by atoms with van der Waals surface area (Å²) in [7, 11) is 0. The topological polar surface area (TPSA) is 75.1 Å². The van der Waals surface area contributed by atoms with Crippen LogP contribution in [0.1, 0.15) is 11.1 Å². The number of anilines is 1. The van der Waals surface area contributed by atoms with E-state index in [-0.39, 0.29) is 12.0 Å². The van der Waals surface area contributed by atoms with Crippen molar-refractivity contribution in [2.24, 2.45) is 0 Å². The number of para-hydroxylation sites is 1. The first-order valence-corrected chi connectivity index (χ1v) is 6.91. The monoisotopic (exact) mass is 336 g/mol. The number of carbonyl (C=O) groups is 1. The lowest BCUT2D eigenvalue weighted by Gasteiger charge is -2.08. The van der Waals surface area contributed by atoms with Crippen molar-refractivity contribution in [2.75, 3.05) is 5.32 Å². The number of halogens is 3. The number of aromatic amines is 1. The van der Waals surface area contributed by atoms with Gasteiger partial charge in [-0.3, -0.25) is 9.78 Å². The molecule has 5 nitrogen and oxygen atoms in total. The Bertz CT molecular complexity index is 940. The Morgan fingerprint density at radius 1 is 1.12 bits per heavy atom. The fourth-order valence-corrected chi connectivity index (χ4v) is 2.26. The van der Waals surface area contributed by atoms with Crippen molar-refractivity contribution in [3.05, 3.63) is 64.1 Å². The van der Waals surface area contributed by atoms with Crippen LogP contribution >= 0.6 is 0 Å². The Morgan fingerprint density at radius 2 is 1.83 bits per heavy atom. The van der Waals surface area contributed by atoms with Gasteiger partial charge in [-0.15, -0.1) is 0 Å². The summed E-state index contributed by atoms with van der Waals surface area (Å²) < 4.78 is 42.5. The SMILES string of the molecule is O=C(Cc1ccc(C(F)(F)F)cc1)Nc1cccc2[nH]c(=O)oc12. The summed E-state index contributed by atoms with van der Waals surface area (Å²) in [4.78, 5) is 25.7. The normalized spacial score (nSPS) is 11.6. The lowest BCUT2D eigenvalue weighted by Crippen LogP contribution is -2.14. The summed E-state index contributed by atoms with van der Waals surface area (Å²) in [6, 6.07) is 9.15. The summed E-state index contributed by atoms with van der Waals surface area (Å²) in [6.45, 7) is 0. The number of rotatable bonds is 3. The van der Waals surface area contributed by atoms with E-state index in [1.165, 1.54) is 12.1 Å². The number of amides is 1. The van der Waals surface area contributed by atoms with Gasteiger partial charge in [0, 0.05) is 0 Å². The van der Waals surface area contributed by atoms with Crippen LogP contribution in [0.4, 0.5) is 18.9 Å². The second kappa shape index (κ2) is 5.88. The second-order valence-corrected chi connectivity index (χ2v) is 5.12. The van der Waals surface area contributed by atoms with Gasteiger partial charge in [0.25, 0.3) is 0 Å². The molecule has 124 valence electrons. The van der Waals surface area contributed by atoms with Gasteiger partial charge in [0.15, 0.2) is 5.58 Å². The van der Waals surface area contributed by atoms with Gasteiger partial charge in [-0.1, -0.05) is 18.2 Å². The summed E-state index contributed by atoms with van der Waals surface area (Å²) in [5, 5.41) is 2.58. The first kappa shape index (κ1) is 15.9. The molecule has 0 saturated heterocycles. The number of carbonyl (C=O) groups excluding carboxylic acids is 1. The number of oxazole rings is 1. The highest BCUT2D eigenvalue weighted by atomic mass is 19.4. The Kier molecular flexibility index (Phi) is 3.88. The quantitative estimate of drug-likeness (QED) is 0.770. The van der Waals surface area contributed by atoms with Gasteiger partial charge in [0.05, 0.1) is 23.2 Å². The molecular weight excluding hydrogens is 325 g/mol. The molecule has 1 amide bonds. The van der Waals surface area contributed by atoms with E-state index in [9.17, 15) is 22.8 Å². The predicted molar refractivity (Wildman–Crippen MR) is 80.6 cm³/mol. The predicted octanol–water partition coefficient (Wildman–Crippen LogP) is 3.32. The smallest absolute Gasteiger partial charge is 0.406 e. The average Bonchev–Trinajstić information content (AvgIpc) is 2.88. The van der Waals surface area contributed by atoms with Gasteiger partial charge in [0.1, 0.15) is 0 Å². The highest BCUT2D eigenvalue weighted by molar-refractivity contribution is 5.99. The minimum Gasteiger partial charge on any atom is -0.406 e. The van der Waals surface area contributed by atoms with Gasteiger partial charge in [0.2, 0.25) is 5.91 Å². The van der Waals surface area contributed by atoms with E-state index in [1.807, 2.05) is 0 Å². The van der Waals surface area contributed by atoms with E-state index in [4.69, 9.17) is 4.42 Å². The fourth-order valence-electron chi connectivity index (χ4n) is 2.26. The van der Waals surface area contributed by atoms with Crippen molar-refractivity contribution in [1.82, 2.24) is 4.98 Å². The molecule has 0 fully saturated rings. The molecule has 3 aromatic rings. The molecule has 2 aromatic carbocycles. The zero-order valence-corrected chi connectivity index (χ0v) is 12.1. The fraction of sp³-hybridized carbons (Fsp3) is 0.125. The van der Waals surface area contributed by atoms with Gasteiger partial charge >= 0.3 is 11.9 Å². The minimum absolute atomic E-state index is 0.108. The third-order valence-electron chi connectivity index (χ3n) is 3.37. The Hall–Kier alpha value is -3.03. The molecule has 3 rings (SSSR count). The third kappa shape index (κ3) is 3.32. The molecule has 1 heterocycles. The highest BCUT2D eigenvalue weighted by Gasteiger charge is 2.29. The molecule has 0 aliphatic heterocycles. The van der Waals surface area contributed by atoms with Crippen molar-refractivity contribution in [1.29, 1.82) is 0 Å². The Balaban J connectivity index is 1.74. The van der Waals surface area contributed by atoms with Crippen molar-refractivity contribution in [3.8, 4) is 0 Å². The molecule has 0 bridgehead atoms. The van der Waals surface area contributed by atoms with E-state index in [2.05, 4.69) is 10.3 Å². The number of H-pyrrole nitrogens is 1. The average molecular weight is 336 g/mol. The molecule has 0 spiro atoms. The number of aromatic nitrogens is 1. The molecule has 24 heavy (non-hydrogen) atoms. The number of alkyl halides is 3. The molecule has 1 aromatic heterocycles. The van der Waals surface area contributed by atoms with Crippen molar-refractivity contribution < 1.29 is 22.4 Å². The highest BCUT2D eigenvalue weighted by Crippen LogP contribution is 2.29. The largest absolute Gasteiger partial charge is 0.417 e. The third-order valence-corrected chi connectivity index (χ3v) is 3.37. The number of hydrogen-bond acceptors (Lipinski definition) is 3. The molecule has 0 atom stereocenters. The number of nitrogens with one attached hydrogen (secondary N) is 2. The van der Waals surface area contributed by atoms with Crippen LogP contribution in [0.5, 0.6) is 0 Å². The first-order chi connectivity index (χ1) is 11.3. The lowest BCUT2D eigenvalue weighted by molar-refractivity contribution is -0.137. The van der Waals surface area contributed by atoms with Crippen LogP contribution in [-0.4, -0.2) is 10.9 Å². The molecule has 0 aliphatic rings. The van der Waals surface area contributed by atoms with Crippen LogP contribution in [0.3, 0.4) is 0 Å². The van der Waals surface area contributed by atoms with E-state index >= 15 is 0 Å². The van der Waals surface area contributed by atoms with Crippen molar-refractivity contribution in [3.63, 3.8) is 0 Å². The molecule has 0 unspecified atom stereocenters. The zero-order valence-electron chi connectivity index (χ0n) is 12.1. The lowest BCUT2D eigenvalue weighted by atomic mass is 10.1. The van der Waals surface area contributed by atoms with Crippen LogP contribution in [0.15, 0.2) is 51.7 Å². The molecule has 2 N–H and O–H groups in total. The van der Waals surface area contributed by atoms with E-state index in [1.54, 1.807) is 18.2 Å². The van der Waals surface area contributed by atoms with Gasteiger partial charge in [-0.25, -0.2) is 4.79 Å². The minimum atomic E-state index is -4.41. The van der Waals surface area contributed by atoms with Crippen molar-refractivity contribution >= 4 is 22.7 Å². The molecular formula is C16H11F3N2O3. The summed E-state index contributed by atoms with van der Waals surface area (Å²) in [5.74, 6) is -1.08. The number of hydrogen-bond donors (Lipinski definition) is 2. The van der Waals surface area contributed by atoms with Crippen LogP contribution in [-0.2, 0) is 17.4 Å². The second-order valence-electron chi connectivity index (χ2n) is 5.12. The van der Waals surface area contributed by atoms with E-state index in [0.717, 1.165) is 12.1 Å². The van der Waals surface area contributed by atoms with Gasteiger partial charge < -0.3 is 9.73 Å². The summed E-state index contributed by atoms with van der Waals surface area (Å²) >= 11 is 0. The molecule has 0 aliphatic carbocycles. The van der Waals surface area contributed by atoms with Crippen LogP contribution in [0.2, 0.25) is 0 Å². The molecule has 0 saturated carbocycles. The molecule has 0 radical (unpaired) electrons. The van der Waals surface area contributed by atoms with Gasteiger partial charge in [-0.2, -0.15) is 13.2 Å². The maximum atomic E-state index is 12.5.